The van der Waals surface area contributed by atoms with Crippen molar-refractivity contribution < 1.29 is 65.1 Å². The van der Waals surface area contributed by atoms with E-state index in [0.29, 0.717) is 49.6 Å². The summed E-state index contributed by atoms with van der Waals surface area (Å²) in [5.41, 5.74) is 0.000429. The lowest BCUT2D eigenvalue weighted by molar-refractivity contribution is 0.110. The zero-order valence-corrected chi connectivity index (χ0v) is 40.1. The van der Waals surface area contributed by atoms with Crippen molar-refractivity contribution in [2.75, 3.05) is 39.5 Å². The van der Waals surface area contributed by atoms with Crippen molar-refractivity contribution in [3.8, 4) is 23.0 Å². The molecule has 3 saturated heterocycles. The van der Waals surface area contributed by atoms with Gasteiger partial charge in [0.15, 0.2) is 12.6 Å². The fourth-order valence-corrected chi connectivity index (χ4v) is 11.4. The van der Waals surface area contributed by atoms with Gasteiger partial charge < -0.3 is 35.6 Å². The van der Waals surface area contributed by atoms with Crippen LogP contribution in [0.5, 0.6) is 23.0 Å². The van der Waals surface area contributed by atoms with E-state index in [2.05, 4.69) is 5.32 Å². The van der Waals surface area contributed by atoms with Crippen molar-refractivity contribution in [1.82, 2.24) is 13.9 Å². The zero-order chi connectivity index (χ0) is 49.7. The van der Waals surface area contributed by atoms with Gasteiger partial charge in [0.1, 0.15) is 29.6 Å². The SMILES string of the molecule is C.O=Cc1c(O)cccc1O.O=Cc1c(O)cccc1OC[C@@H]1CCCN1S(=O)(=O)c1ccccc1.O=S(=O)(Cl)c1ccccc1.O=S(=O)(c1ccccc1)N1CCC[C@H]1CO.OC[C@@H]1CCCN1. The largest absolute Gasteiger partial charge is 0.507 e. The number of phenolic OH excluding ortho intramolecular Hbond substituents is 3. The van der Waals surface area contributed by atoms with Crippen LogP contribution in [0.4, 0.5) is 0 Å². The minimum atomic E-state index is -3.58. The van der Waals surface area contributed by atoms with Gasteiger partial charge in [0.2, 0.25) is 20.0 Å². The molecular formula is C48H60ClN3O14S3. The Balaban J connectivity index is 0.000000246. The van der Waals surface area contributed by atoms with Gasteiger partial charge in [-0.1, -0.05) is 74.2 Å². The molecule has 69 heavy (non-hydrogen) atoms. The third-order valence-electron chi connectivity index (χ3n) is 10.7. The number of nitrogens with one attached hydrogen (secondary N) is 1. The average molecular weight is 1030 g/mol. The number of aromatic hydroxyl groups is 3. The fraction of sp³-hybridized carbons (Fsp3) is 0.333. The van der Waals surface area contributed by atoms with Crippen molar-refractivity contribution in [2.45, 2.75) is 78.8 Å². The van der Waals surface area contributed by atoms with Gasteiger partial charge in [0, 0.05) is 35.9 Å². The normalized spacial score (nSPS) is 17.9. The molecule has 5 aromatic carbocycles. The minimum absolute atomic E-state index is 0. The second-order valence-corrected chi connectivity index (χ2v) is 21.7. The van der Waals surface area contributed by atoms with E-state index in [9.17, 15) is 39.9 Å². The topological polar surface area (TPSA) is 265 Å². The average Bonchev–Trinajstić information content (AvgIpc) is 4.16. The maximum atomic E-state index is 12.8. The molecular weight excluding hydrogens is 974 g/mol. The highest BCUT2D eigenvalue weighted by Crippen LogP contribution is 2.30. The number of rotatable bonds is 12. The zero-order valence-electron chi connectivity index (χ0n) is 36.9. The van der Waals surface area contributed by atoms with Crippen LogP contribution in [0.2, 0.25) is 0 Å². The van der Waals surface area contributed by atoms with Gasteiger partial charge >= 0.3 is 0 Å². The minimum Gasteiger partial charge on any atom is -0.507 e. The molecule has 8 rings (SSSR count). The number of nitrogens with zero attached hydrogens (tertiary/aromatic N) is 2. The second-order valence-electron chi connectivity index (χ2n) is 15.3. The molecule has 3 atom stereocenters. The molecule has 0 saturated carbocycles. The van der Waals surface area contributed by atoms with Crippen LogP contribution in [0.3, 0.4) is 0 Å². The molecule has 3 aliphatic rings. The lowest BCUT2D eigenvalue weighted by Gasteiger charge is -2.24. The number of hydrogen-bond donors (Lipinski definition) is 6. The molecule has 3 heterocycles. The van der Waals surface area contributed by atoms with E-state index < -0.39 is 29.1 Å². The van der Waals surface area contributed by atoms with E-state index in [1.807, 2.05) is 0 Å². The smallest absolute Gasteiger partial charge is 0.261 e. The number of aldehydes is 2. The summed E-state index contributed by atoms with van der Waals surface area (Å²) < 4.78 is 79.8. The first kappa shape index (κ1) is 57.9. The Morgan fingerprint density at radius 3 is 1.38 bits per heavy atom. The Bertz CT molecular complexity index is 2660. The quantitative estimate of drug-likeness (QED) is 0.0604. The highest BCUT2D eigenvalue weighted by atomic mass is 35.7. The maximum absolute atomic E-state index is 12.8. The predicted octanol–water partition coefficient (Wildman–Crippen LogP) is 6.16. The number of carbonyl (C=O) groups excluding carboxylic acids is 2. The first-order valence-electron chi connectivity index (χ1n) is 21.4. The first-order valence-corrected chi connectivity index (χ1v) is 26.6. The summed E-state index contributed by atoms with van der Waals surface area (Å²) in [6.07, 6.45) is 6.30. The van der Waals surface area contributed by atoms with E-state index in [4.69, 9.17) is 35.8 Å². The first-order chi connectivity index (χ1) is 32.5. The Morgan fingerprint density at radius 2 is 1.00 bits per heavy atom. The Morgan fingerprint density at radius 1 is 0.565 bits per heavy atom. The molecule has 0 aromatic heterocycles. The molecule has 17 nitrogen and oxygen atoms in total. The molecule has 0 aliphatic carbocycles. The number of aliphatic hydroxyl groups is 2. The fourth-order valence-electron chi connectivity index (χ4n) is 7.18. The number of aliphatic hydroxyl groups excluding tert-OH is 2. The lowest BCUT2D eigenvalue weighted by atomic mass is 10.2. The molecule has 0 unspecified atom stereocenters. The van der Waals surface area contributed by atoms with E-state index in [0.717, 1.165) is 32.2 Å². The number of halogens is 1. The highest BCUT2D eigenvalue weighted by Gasteiger charge is 2.36. The van der Waals surface area contributed by atoms with Crippen molar-refractivity contribution in [1.29, 1.82) is 0 Å². The maximum Gasteiger partial charge on any atom is 0.261 e. The summed E-state index contributed by atoms with van der Waals surface area (Å²) in [5.74, 6) is -0.309. The lowest BCUT2D eigenvalue weighted by Crippen LogP contribution is -2.39. The summed E-state index contributed by atoms with van der Waals surface area (Å²) >= 11 is 0. The third kappa shape index (κ3) is 16.9. The number of carbonyl (C=O) groups is 2. The number of ether oxygens (including phenoxy) is 1. The van der Waals surface area contributed by atoms with E-state index in [1.165, 1.54) is 51.4 Å². The van der Waals surface area contributed by atoms with Gasteiger partial charge in [0.25, 0.3) is 9.05 Å². The summed E-state index contributed by atoms with van der Waals surface area (Å²) in [7, 11) is -5.51. The monoisotopic (exact) mass is 1030 g/mol. The number of sulfonamides is 2. The molecule has 5 aromatic rings. The molecule has 0 radical (unpaired) electrons. The number of hydrogen-bond acceptors (Lipinski definition) is 15. The van der Waals surface area contributed by atoms with E-state index in [1.54, 1.807) is 91.0 Å². The van der Waals surface area contributed by atoms with Crippen molar-refractivity contribution >= 4 is 52.4 Å². The molecule has 376 valence electrons. The molecule has 3 fully saturated rings. The highest BCUT2D eigenvalue weighted by molar-refractivity contribution is 8.13. The molecule has 6 N–H and O–H groups in total. The second kappa shape index (κ2) is 28.3. The molecule has 0 spiro atoms. The number of benzene rings is 5. The van der Waals surface area contributed by atoms with Crippen molar-refractivity contribution in [3.05, 3.63) is 139 Å². The van der Waals surface area contributed by atoms with Gasteiger partial charge in [-0.15, -0.1) is 0 Å². The van der Waals surface area contributed by atoms with Crippen molar-refractivity contribution in [3.63, 3.8) is 0 Å². The van der Waals surface area contributed by atoms with Crippen LogP contribution in [0.15, 0.2) is 142 Å². The molecule has 21 heteroatoms. The van der Waals surface area contributed by atoms with Crippen LogP contribution < -0.4 is 10.1 Å². The molecule has 0 bridgehead atoms. The van der Waals surface area contributed by atoms with Crippen molar-refractivity contribution in [2.24, 2.45) is 0 Å². The van der Waals surface area contributed by atoms with E-state index in [-0.39, 0.29) is 76.6 Å². The van der Waals surface area contributed by atoms with Crippen LogP contribution in [-0.4, -0.2) is 130 Å². The van der Waals surface area contributed by atoms with Crippen LogP contribution in [0, 0.1) is 0 Å². The van der Waals surface area contributed by atoms with Crippen LogP contribution in [0.1, 0.15) is 66.7 Å². The Labute approximate surface area is 409 Å². The van der Waals surface area contributed by atoms with Gasteiger partial charge in [-0.05, 0) is 106 Å². The van der Waals surface area contributed by atoms with Gasteiger partial charge in [-0.25, -0.2) is 25.3 Å². The summed E-state index contributed by atoms with van der Waals surface area (Å²) in [4.78, 5) is 21.9. The van der Waals surface area contributed by atoms with Crippen LogP contribution >= 0.6 is 10.7 Å². The third-order valence-corrected chi connectivity index (χ3v) is 16.0. The van der Waals surface area contributed by atoms with Crippen LogP contribution in [0.25, 0.3) is 0 Å². The molecule has 3 aliphatic heterocycles. The van der Waals surface area contributed by atoms with Gasteiger partial charge in [0.05, 0.1) is 45.1 Å². The van der Waals surface area contributed by atoms with Gasteiger partial charge in [-0.3, -0.25) is 9.59 Å². The molecule has 0 amide bonds. The summed E-state index contributed by atoms with van der Waals surface area (Å²) in [5, 5.41) is 48.3. The van der Waals surface area contributed by atoms with Gasteiger partial charge in [-0.2, -0.15) is 8.61 Å². The standard InChI is InChI=1S/C18H19NO5S.C11H15NO3S.C7H6O3.C6H5ClO2S.C5H11NO.CH4/c20-12-16-17(21)9-4-10-18(16)24-13-14-6-5-11-19(14)25(22,23)15-7-2-1-3-8-15;13-9-10-5-4-8-12(10)16(14,15)11-6-2-1-3-7-11;8-4-5-6(9)2-1-3-7(5)10;7-10(8,9)6-4-2-1-3-5-6;7-4-5-2-1-3-6-5;/h1-4,7-10,12,14,21H,5-6,11,13H2;1-3,6-7,10,13H,4-5,8-9H2;1-4,9-10H;1-5H;5-7H,1-4H2;1H4/t14-;10-;;;5-;/m00..0./s1. The predicted molar refractivity (Wildman–Crippen MR) is 262 cm³/mol. The summed E-state index contributed by atoms with van der Waals surface area (Å²) in [6.45, 7) is 2.35. The summed E-state index contributed by atoms with van der Waals surface area (Å²) in [6, 6.07) is 33.0. The Hall–Kier alpha value is -5.42. The van der Waals surface area contributed by atoms with E-state index >= 15 is 0 Å². The van der Waals surface area contributed by atoms with Crippen LogP contribution in [-0.2, 0) is 29.1 Å². The number of phenols is 3. The Kier molecular flexibility index (Phi) is 23.7.